The molecule has 0 aliphatic heterocycles. The second-order valence-corrected chi connectivity index (χ2v) is 3.84. The van der Waals surface area contributed by atoms with E-state index < -0.39 is 5.60 Å². The fraction of sp³-hybridized carbons (Fsp3) is 0.300. The molecule has 0 spiro atoms. The zero-order valence-corrected chi connectivity index (χ0v) is 8.94. The number of hydrogen-bond donors (Lipinski definition) is 3. The Morgan fingerprint density at radius 1 is 1.44 bits per heavy atom. The Kier molecular flexibility index (Phi) is 2.25. The van der Waals surface area contributed by atoms with Gasteiger partial charge in [0.15, 0.2) is 5.65 Å². The van der Waals surface area contributed by atoms with Gasteiger partial charge < -0.3 is 15.8 Å². The number of H-pyrrole nitrogens is 1. The van der Waals surface area contributed by atoms with Gasteiger partial charge in [0.25, 0.3) is 0 Å². The topological polar surface area (TPSA) is 101 Å². The SMILES string of the molecule is CC(C)(O)C#Cc1nc(N)nc2nc[nH]c12. The van der Waals surface area contributed by atoms with Crippen molar-refractivity contribution >= 4 is 17.1 Å². The van der Waals surface area contributed by atoms with Crippen LogP contribution in [0.3, 0.4) is 0 Å². The van der Waals surface area contributed by atoms with Crippen LogP contribution in [0.15, 0.2) is 6.33 Å². The number of aromatic amines is 1. The van der Waals surface area contributed by atoms with Crippen LogP contribution in [0.4, 0.5) is 5.95 Å². The Balaban J connectivity index is 2.58. The van der Waals surface area contributed by atoms with Crippen molar-refractivity contribution in [1.29, 1.82) is 0 Å². The quantitative estimate of drug-likeness (QED) is 0.541. The van der Waals surface area contributed by atoms with E-state index in [0.29, 0.717) is 16.9 Å². The summed E-state index contributed by atoms with van der Waals surface area (Å²) in [5, 5.41) is 9.50. The van der Waals surface area contributed by atoms with Gasteiger partial charge in [-0.05, 0) is 19.8 Å². The maximum Gasteiger partial charge on any atom is 0.223 e. The Morgan fingerprint density at radius 2 is 2.19 bits per heavy atom. The van der Waals surface area contributed by atoms with Gasteiger partial charge in [0.05, 0.1) is 6.33 Å². The number of aromatic nitrogens is 4. The summed E-state index contributed by atoms with van der Waals surface area (Å²) < 4.78 is 0. The van der Waals surface area contributed by atoms with Gasteiger partial charge in [0.2, 0.25) is 5.95 Å². The van der Waals surface area contributed by atoms with E-state index in [4.69, 9.17) is 5.73 Å². The summed E-state index contributed by atoms with van der Waals surface area (Å²) in [5.41, 5.74) is 5.95. The molecular formula is C10H11N5O. The molecule has 0 radical (unpaired) electrons. The van der Waals surface area contributed by atoms with Crippen LogP contribution in [0.1, 0.15) is 19.5 Å². The Labute approximate surface area is 91.9 Å². The molecule has 0 unspecified atom stereocenters. The Bertz CT molecular complexity index is 585. The van der Waals surface area contributed by atoms with Crippen LogP contribution in [0, 0.1) is 11.8 Å². The second-order valence-electron chi connectivity index (χ2n) is 3.84. The molecule has 0 saturated carbocycles. The van der Waals surface area contributed by atoms with Crippen molar-refractivity contribution in [3.63, 3.8) is 0 Å². The molecule has 0 aliphatic carbocycles. The van der Waals surface area contributed by atoms with E-state index in [0.717, 1.165) is 0 Å². The van der Waals surface area contributed by atoms with E-state index in [-0.39, 0.29) is 5.95 Å². The molecule has 4 N–H and O–H groups in total. The minimum absolute atomic E-state index is 0.111. The molecular weight excluding hydrogens is 206 g/mol. The predicted octanol–water partition coefficient (Wildman–Crippen LogP) is 0.0575. The molecule has 0 fully saturated rings. The van der Waals surface area contributed by atoms with E-state index in [1.54, 1.807) is 13.8 Å². The summed E-state index contributed by atoms with van der Waals surface area (Å²) in [6.07, 6.45) is 1.49. The number of nitrogens with one attached hydrogen (secondary N) is 1. The summed E-state index contributed by atoms with van der Waals surface area (Å²) in [7, 11) is 0. The minimum Gasteiger partial charge on any atom is -0.378 e. The zero-order chi connectivity index (χ0) is 11.8. The van der Waals surface area contributed by atoms with Crippen LogP contribution in [0.25, 0.3) is 11.2 Å². The third-order valence-corrected chi connectivity index (χ3v) is 1.79. The number of anilines is 1. The van der Waals surface area contributed by atoms with Gasteiger partial charge >= 0.3 is 0 Å². The molecule has 6 heteroatoms. The number of imidazole rings is 1. The molecule has 0 aliphatic rings. The molecule has 0 atom stereocenters. The molecule has 0 amide bonds. The summed E-state index contributed by atoms with van der Waals surface area (Å²) in [6.45, 7) is 3.18. The van der Waals surface area contributed by atoms with Gasteiger partial charge in [-0.3, -0.25) is 0 Å². The van der Waals surface area contributed by atoms with Gasteiger partial charge in [-0.15, -0.1) is 0 Å². The molecule has 82 valence electrons. The fourth-order valence-electron chi connectivity index (χ4n) is 1.15. The van der Waals surface area contributed by atoms with Crippen LogP contribution in [-0.4, -0.2) is 30.6 Å². The Hall–Kier alpha value is -2.13. The molecule has 2 aromatic rings. The Morgan fingerprint density at radius 3 is 2.88 bits per heavy atom. The van der Waals surface area contributed by atoms with Crippen molar-refractivity contribution in [2.75, 3.05) is 5.73 Å². The van der Waals surface area contributed by atoms with Crippen molar-refractivity contribution in [1.82, 2.24) is 19.9 Å². The maximum atomic E-state index is 9.50. The summed E-state index contributed by atoms with van der Waals surface area (Å²) in [5.74, 6) is 5.52. The molecule has 0 bridgehead atoms. The molecule has 16 heavy (non-hydrogen) atoms. The van der Waals surface area contributed by atoms with E-state index in [1.807, 2.05) is 0 Å². The number of nitrogens with two attached hydrogens (primary N) is 1. The highest BCUT2D eigenvalue weighted by atomic mass is 16.3. The molecule has 2 heterocycles. The third kappa shape index (κ3) is 2.10. The lowest BCUT2D eigenvalue weighted by molar-refractivity contribution is 0.143. The first kappa shape index (κ1) is 10.4. The molecule has 2 rings (SSSR count). The highest BCUT2D eigenvalue weighted by molar-refractivity contribution is 5.77. The fourth-order valence-corrected chi connectivity index (χ4v) is 1.15. The number of nitrogens with zero attached hydrogens (tertiary/aromatic N) is 3. The summed E-state index contributed by atoms with van der Waals surface area (Å²) in [6, 6.07) is 0. The van der Waals surface area contributed by atoms with Gasteiger partial charge in [0.1, 0.15) is 16.8 Å². The first-order valence-electron chi connectivity index (χ1n) is 4.68. The average molecular weight is 217 g/mol. The highest BCUT2D eigenvalue weighted by Crippen LogP contribution is 2.11. The smallest absolute Gasteiger partial charge is 0.223 e. The summed E-state index contributed by atoms with van der Waals surface area (Å²) >= 11 is 0. The van der Waals surface area contributed by atoms with Gasteiger partial charge in [-0.1, -0.05) is 5.92 Å². The number of aliphatic hydroxyl groups is 1. The monoisotopic (exact) mass is 217 g/mol. The second kappa shape index (κ2) is 3.47. The third-order valence-electron chi connectivity index (χ3n) is 1.79. The first-order valence-corrected chi connectivity index (χ1v) is 4.68. The summed E-state index contributed by atoms with van der Waals surface area (Å²) in [4.78, 5) is 14.8. The highest BCUT2D eigenvalue weighted by Gasteiger charge is 2.09. The van der Waals surface area contributed by atoms with E-state index in [2.05, 4.69) is 31.8 Å². The average Bonchev–Trinajstić information content (AvgIpc) is 2.60. The van der Waals surface area contributed by atoms with Crippen molar-refractivity contribution in [2.24, 2.45) is 0 Å². The van der Waals surface area contributed by atoms with Crippen LogP contribution in [0.5, 0.6) is 0 Å². The normalized spacial score (nSPS) is 11.2. The number of fused-ring (bicyclic) bond motifs is 1. The first-order chi connectivity index (χ1) is 7.46. The van der Waals surface area contributed by atoms with Crippen LogP contribution in [-0.2, 0) is 0 Å². The number of nitrogen functional groups attached to an aromatic ring is 1. The van der Waals surface area contributed by atoms with Gasteiger partial charge in [-0.2, -0.15) is 4.98 Å². The maximum absolute atomic E-state index is 9.50. The van der Waals surface area contributed by atoms with Gasteiger partial charge in [0, 0.05) is 0 Å². The lowest BCUT2D eigenvalue weighted by Gasteiger charge is -2.05. The van der Waals surface area contributed by atoms with E-state index in [9.17, 15) is 5.11 Å². The lowest BCUT2D eigenvalue weighted by Crippen LogP contribution is -2.14. The standard InChI is InChI=1S/C10H11N5O/c1-10(2,16)4-3-6-7-8(13-5-12-7)15-9(11)14-6/h5,16H,1-2H3,(H3,11,12,13,14,15). The molecule has 6 nitrogen and oxygen atoms in total. The van der Waals surface area contributed by atoms with E-state index >= 15 is 0 Å². The largest absolute Gasteiger partial charge is 0.378 e. The van der Waals surface area contributed by atoms with E-state index in [1.165, 1.54) is 6.33 Å². The molecule has 0 saturated heterocycles. The van der Waals surface area contributed by atoms with Crippen molar-refractivity contribution < 1.29 is 5.11 Å². The predicted molar refractivity (Wildman–Crippen MR) is 59.3 cm³/mol. The number of rotatable bonds is 0. The number of hydrogen-bond acceptors (Lipinski definition) is 5. The van der Waals surface area contributed by atoms with Crippen LogP contribution < -0.4 is 5.73 Å². The van der Waals surface area contributed by atoms with Gasteiger partial charge in [-0.25, -0.2) is 9.97 Å². The van der Waals surface area contributed by atoms with Crippen molar-refractivity contribution in [2.45, 2.75) is 19.4 Å². The van der Waals surface area contributed by atoms with Crippen molar-refractivity contribution in [3.05, 3.63) is 12.0 Å². The van der Waals surface area contributed by atoms with Crippen LogP contribution in [0.2, 0.25) is 0 Å². The van der Waals surface area contributed by atoms with Crippen LogP contribution >= 0.6 is 0 Å². The van der Waals surface area contributed by atoms with Crippen molar-refractivity contribution in [3.8, 4) is 11.8 Å². The minimum atomic E-state index is -1.08. The molecule has 0 aromatic carbocycles. The molecule has 2 aromatic heterocycles. The lowest BCUT2D eigenvalue weighted by atomic mass is 10.1. The zero-order valence-electron chi connectivity index (χ0n) is 8.94.